The van der Waals surface area contributed by atoms with Crippen molar-refractivity contribution in [1.29, 1.82) is 0 Å². The monoisotopic (exact) mass is 625 g/mol. The number of rotatable bonds is 6. The number of carbonyl (C=O) groups is 2. The quantitative estimate of drug-likeness (QED) is 0.317. The van der Waals surface area contributed by atoms with Crippen molar-refractivity contribution in [1.82, 2.24) is 10.6 Å². The third-order valence-electron chi connectivity index (χ3n) is 7.75. The summed E-state index contributed by atoms with van der Waals surface area (Å²) in [6.45, 7) is 0.634. The van der Waals surface area contributed by atoms with Crippen LogP contribution in [0.3, 0.4) is 0 Å². The maximum absolute atomic E-state index is 14.6. The van der Waals surface area contributed by atoms with Gasteiger partial charge in [-0.2, -0.15) is 26.3 Å². The molecule has 3 atom stereocenters. The van der Waals surface area contributed by atoms with E-state index in [4.69, 9.17) is 9.47 Å². The van der Waals surface area contributed by atoms with Crippen molar-refractivity contribution >= 4 is 17.7 Å². The largest absolute Gasteiger partial charge is 0.493 e. The molecule has 1 heterocycles. The number of benzene rings is 2. The first kappa shape index (κ1) is 32.1. The highest BCUT2D eigenvalue weighted by molar-refractivity contribution is 5.93. The minimum absolute atomic E-state index is 0.190. The fraction of sp³-hybridized carbons (Fsp3) is 0.481. The van der Waals surface area contributed by atoms with Gasteiger partial charge in [0.05, 0.1) is 19.8 Å². The number of alkyl halides is 6. The molecular formula is C27H27F8N3O5. The first-order chi connectivity index (χ1) is 20.1. The molecule has 0 radical (unpaired) electrons. The number of methoxy groups -OCH3 is 2. The average molecular weight is 626 g/mol. The third-order valence-corrected chi connectivity index (χ3v) is 7.75. The second-order valence-corrected chi connectivity index (χ2v) is 10.4. The number of anilines is 1. The predicted molar refractivity (Wildman–Crippen MR) is 134 cm³/mol. The smallest absolute Gasteiger partial charge is 0.493 e. The Morgan fingerprint density at radius 2 is 1.70 bits per heavy atom. The molecule has 2 amide bonds. The number of hydrogen-bond acceptors (Lipinski definition) is 6. The summed E-state index contributed by atoms with van der Waals surface area (Å²) in [6.07, 6.45) is -8.65. The van der Waals surface area contributed by atoms with Crippen LogP contribution in [0, 0.1) is 17.0 Å². The number of fused-ring (bicyclic) bond motifs is 1. The van der Waals surface area contributed by atoms with Crippen LogP contribution in [0.2, 0.25) is 0 Å². The molecule has 236 valence electrons. The molecule has 2 aliphatic rings. The SMILES string of the molecule is COc1ccc(C[C@@]23CCN[C@H]2C[C@H](NC(=O)N(OC(=O)C(F)(F)F)c2cc(C(F)(F)F)c(F)cc2F)CC3)cc1OC. The maximum Gasteiger partial charge on any atom is 0.493 e. The van der Waals surface area contributed by atoms with E-state index < -0.39 is 58.3 Å². The standard InChI is InChI=1S/C27H27F8N3O5/c1-41-20-4-3-14(9-21(20)42-2)13-25-6-5-15(10-22(25)36-8-7-25)37-24(40)38(43-23(39)27(33,34)35)19-11-16(26(30,31)32)17(28)12-18(19)29/h3-4,9,11-12,15,22,36H,5-8,10,13H2,1-2H3,(H,37,40)/t15-,22+,25-/m1/s1. The zero-order valence-corrected chi connectivity index (χ0v) is 22.8. The number of ether oxygens (including phenoxy) is 2. The zero-order chi connectivity index (χ0) is 31.7. The Morgan fingerprint density at radius 3 is 2.33 bits per heavy atom. The van der Waals surface area contributed by atoms with Gasteiger partial charge in [-0.05, 0) is 67.8 Å². The summed E-state index contributed by atoms with van der Waals surface area (Å²) in [5.41, 5.74) is -2.95. The molecule has 1 aliphatic heterocycles. The number of carbonyl (C=O) groups excluding carboxylic acids is 2. The van der Waals surface area contributed by atoms with Crippen LogP contribution in [0.25, 0.3) is 0 Å². The van der Waals surface area contributed by atoms with Gasteiger partial charge < -0.3 is 24.9 Å². The minimum Gasteiger partial charge on any atom is -0.493 e. The highest BCUT2D eigenvalue weighted by Gasteiger charge is 2.48. The van der Waals surface area contributed by atoms with Gasteiger partial charge in [0, 0.05) is 18.2 Å². The number of nitrogens with zero attached hydrogens (tertiary/aromatic N) is 1. The molecule has 1 saturated carbocycles. The average Bonchev–Trinajstić information content (AvgIpc) is 3.33. The lowest BCUT2D eigenvalue weighted by Crippen LogP contribution is -2.53. The van der Waals surface area contributed by atoms with Crippen LogP contribution >= 0.6 is 0 Å². The van der Waals surface area contributed by atoms with Gasteiger partial charge in [0.15, 0.2) is 17.3 Å². The molecule has 2 fully saturated rings. The predicted octanol–water partition coefficient (Wildman–Crippen LogP) is 5.68. The fourth-order valence-corrected chi connectivity index (χ4v) is 5.69. The number of halogens is 8. The molecule has 43 heavy (non-hydrogen) atoms. The van der Waals surface area contributed by atoms with Gasteiger partial charge in [0.1, 0.15) is 11.5 Å². The molecule has 4 rings (SSSR count). The Bertz CT molecular complexity index is 1370. The Balaban J connectivity index is 1.55. The minimum atomic E-state index is -5.69. The van der Waals surface area contributed by atoms with E-state index in [-0.39, 0.29) is 36.4 Å². The first-order valence-corrected chi connectivity index (χ1v) is 13.0. The Morgan fingerprint density at radius 1 is 1.00 bits per heavy atom. The molecule has 2 aromatic rings. The first-order valence-electron chi connectivity index (χ1n) is 13.0. The van der Waals surface area contributed by atoms with Crippen molar-refractivity contribution in [3.63, 3.8) is 0 Å². The van der Waals surface area contributed by atoms with E-state index >= 15 is 0 Å². The van der Waals surface area contributed by atoms with Crippen molar-refractivity contribution in [3.05, 3.63) is 53.1 Å². The van der Waals surface area contributed by atoms with Gasteiger partial charge in [-0.25, -0.2) is 18.4 Å². The summed E-state index contributed by atoms with van der Waals surface area (Å²) in [6, 6.07) is 2.39. The number of hydroxylamine groups is 1. The van der Waals surface area contributed by atoms with E-state index in [1.54, 1.807) is 6.07 Å². The van der Waals surface area contributed by atoms with Crippen LogP contribution in [-0.4, -0.2) is 51.0 Å². The Labute approximate surface area is 240 Å². The van der Waals surface area contributed by atoms with E-state index in [2.05, 4.69) is 15.5 Å². The molecule has 1 aliphatic carbocycles. The Kier molecular flexibility index (Phi) is 9.00. The second-order valence-electron chi connectivity index (χ2n) is 10.4. The van der Waals surface area contributed by atoms with Crippen molar-refractivity contribution in [2.45, 2.75) is 56.5 Å². The summed E-state index contributed by atoms with van der Waals surface area (Å²) in [4.78, 5) is 28.6. The summed E-state index contributed by atoms with van der Waals surface area (Å²) in [7, 11) is 3.01. The van der Waals surface area contributed by atoms with E-state index in [1.165, 1.54) is 14.2 Å². The summed E-state index contributed by atoms with van der Waals surface area (Å²) in [5, 5.41) is 5.09. The fourth-order valence-electron chi connectivity index (χ4n) is 5.69. The molecule has 0 unspecified atom stereocenters. The highest BCUT2D eigenvalue weighted by atomic mass is 19.4. The van der Waals surface area contributed by atoms with Gasteiger partial charge in [-0.1, -0.05) is 6.07 Å². The van der Waals surface area contributed by atoms with Crippen molar-refractivity contribution < 1.29 is 59.0 Å². The summed E-state index contributed by atoms with van der Waals surface area (Å²) < 4.78 is 118. The van der Waals surface area contributed by atoms with Gasteiger partial charge in [-0.3, -0.25) is 0 Å². The molecule has 8 nitrogen and oxygen atoms in total. The van der Waals surface area contributed by atoms with Crippen LogP contribution in [0.1, 0.15) is 36.8 Å². The summed E-state index contributed by atoms with van der Waals surface area (Å²) in [5.74, 6) is -5.87. The van der Waals surface area contributed by atoms with Gasteiger partial charge >= 0.3 is 24.4 Å². The van der Waals surface area contributed by atoms with E-state index in [0.29, 0.717) is 30.9 Å². The third kappa shape index (κ3) is 6.89. The number of amides is 2. The van der Waals surface area contributed by atoms with Gasteiger partial charge in [-0.15, -0.1) is 5.06 Å². The van der Waals surface area contributed by atoms with Crippen LogP contribution in [0.15, 0.2) is 30.3 Å². The van der Waals surface area contributed by atoms with Gasteiger partial charge in [0.25, 0.3) is 0 Å². The normalized spacial score (nSPS) is 22.0. The van der Waals surface area contributed by atoms with Crippen LogP contribution in [0.4, 0.5) is 45.6 Å². The van der Waals surface area contributed by atoms with Crippen LogP contribution in [0.5, 0.6) is 11.5 Å². The van der Waals surface area contributed by atoms with Crippen LogP contribution < -0.4 is 25.2 Å². The van der Waals surface area contributed by atoms with Crippen molar-refractivity contribution in [3.8, 4) is 11.5 Å². The van der Waals surface area contributed by atoms with E-state index in [9.17, 15) is 44.7 Å². The maximum atomic E-state index is 14.6. The number of hydrogen-bond donors (Lipinski definition) is 2. The zero-order valence-electron chi connectivity index (χ0n) is 22.8. The van der Waals surface area contributed by atoms with Crippen molar-refractivity contribution in [2.24, 2.45) is 5.41 Å². The second kappa shape index (κ2) is 12.1. The number of urea groups is 1. The van der Waals surface area contributed by atoms with Crippen molar-refractivity contribution in [2.75, 3.05) is 25.8 Å². The molecule has 0 aromatic heterocycles. The van der Waals surface area contributed by atoms with E-state index in [0.717, 1.165) is 12.0 Å². The number of nitrogens with one attached hydrogen (secondary N) is 2. The lowest BCUT2D eigenvalue weighted by atomic mass is 9.66. The van der Waals surface area contributed by atoms with E-state index in [1.807, 2.05) is 12.1 Å². The van der Waals surface area contributed by atoms with Crippen LogP contribution in [-0.2, 0) is 22.2 Å². The molecular weight excluding hydrogens is 598 g/mol. The molecule has 2 aromatic carbocycles. The molecule has 1 saturated heterocycles. The van der Waals surface area contributed by atoms with Gasteiger partial charge in [0.2, 0.25) is 0 Å². The Hall–Kier alpha value is -3.82. The highest BCUT2D eigenvalue weighted by Crippen LogP contribution is 2.46. The summed E-state index contributed by atoms with van der Waals surface area (Å²) >= 11 is 0. The molecule has 2 N–H and O–H groups in total. The molecule has 16 heteroatoms. The molecule has 0 bridgehead atoms. The lowest BCUT2D eigenvalue weighted by molar-refractivity contribution is -0.199. The topological polar surface area (TPSA) is 89.1 Å². The molecule has 0 spiro atoms. The lowest BCUT2D eigenvalue weighted by Gasteiger charge is -2.43.